The Morgan fingerprint density at radius 2 is 1.90 bits per heavy atom. The molecule has 1 aliphatic heterocycles. The quantitative estimate of drug-likeness (QED) is 0.829. The molecule has 1 unspecified atom stereocenters. The Bertz CT molecular complexity index is 305. The van der Waals surface area contributed by atoms with Gasteiger partial charge in [-0.25, -0.2) is 4.79 Å². The lowest BCUT2D eigenvalue weighted by Crippen LogP contribution is -2.48. The van der Waals surface area contributed by atoms with Crippen LogP contribution in [0.25, 0.3) is 0 Å². The van der Waals surface area contributed by atoms with Crippen LogP contribution in [0.2, 0.25) is 0 Å². The first kappa shape index (κ1) is 17.2. The Morgan fingerprint density at radius 3 is 2.35 bits per heavy atom. The number of hydrogen-bond donors (Lipinski definition) is 2. The zero-order valence-corrected chi connectivity index (χ0v) is 13.5. The van der Waals surface area contributed by atoms with Crippen LogP contribution in [0.4, 0.5) is 4.79 Å². The fourth-order valence-electron chi connectivity index (χ4n) is 2.12. The second-order valence-electron chi connectivity index (χ2n) is 6.96. The summed E-state index contributed by atoms with van der Waals surface area (Å²) in [5.74, 6) is 0.268. The Kier molecular flexibility index (Phi) is 6.27. The number of carbonyl (C=O) groups excluding carboxylic acids is 1. The number of aliphatic hydroxyl groups excluding tert-OH is 1. The SMILES string of the molecule is CC(C)C(O)CNC1CCN(C(=O)OC(C)(C)C)CC1. The number of hydrogen-bond acceptors (Lipinski definition) is 4. The summed E-state index contributed by atoms with van der Waals surface area (Å²) in [5, 5.41) is 13.2. The normalized spacial score (nSPS) is 19.2. The number of piperidine rings is 1. The second kappa shape index (κ2) is 7.27. The molecule has 0 aromatic rings. The van der Waals surface area contributed by atoms with Crippen LogP contribution in [0.15, 0.2) is 0 Å². The van der Waals surface area contributed by atoms with Gasteiger partial charge in [-0.1, -0.05) is 13.8 Å². The molecule has 1 amide bonds. The maximum Gasteiger partial charge on any atom is 0.410 e. The van der Waals surface area contributed by atoms with E-state index in [1.54, 1.807) is 4.90 Å². The predicted molar refractivity (Wildman–Crippen MR) is 79.7 cm³/mol. The third kappa shape index (κ3) is 6.09. The molecule has 0 aromatic heterocycles. The van der Waals surface area contributed by atoms with Crippen molar-refractivity contribution in [2.45, 2.75) is 65.2 Å². The van der Waals surface area contributed by atoms with Crippen molar-refractivity contribution >= 4 is 6.09 Å². The summed E-state index contributed by atoms with van der Waals surface area (Å²) in [6, 6.07) is 0.377. The van der Waals surface area contributed by atoms with Crippen LogP contribution >= 0.6 is 0 Å². The first-order chi connectivity index (χ1) is 9.19. The van der Waals surface area contributed by atoms with Gasteiger partial charge in [0.2, 0.25) is 0 Å². The minimum absolute atomic E-state index is 0.224. The average Bonchev–Trinajstić information content (AvgIpc) is 2.34. The van der Waals surface area contributed by atoms with E-state index in [-0.39, 0.29) is 18.1 Å². The van der Waals surface area contributed by atoms with E-state index in [9.17, 15) is 9.90 Å². The standard InChI is InChI=1S/C15H30N2O3/c1-11(2)13(18)10-16-12-6-8-17(9-7-12)14(19)20-15(3,4)5/h11-13,16,18H,6-10H2,1-5H3. The van der Waals surface area contributed by atoms with E-state index in [4.69, 9.17) is 4.74 Å². The number of ether oxygens (including phenoxy) is 1. The maximum absolute atomic E-state index is 11.9. The first-order valence-corrected chi connectivity index (χ1v) is 7.58. The minimum Gasteiger partial charge on any atom is -0.444 e. The molecule has 1 saturated heterocycles. The zero-order chi connectivity index (χ0) is 15.3. The van der Waals surface area contributed by atoms with Gasteiger partial charge in [-0.2, -0.15) is 0 Å². The lowest BCUT2D eigenvalue weighted by Gasteiger charge is -2.34. The number of amides is 1. The topological polar surface area (TPSA) is 61.8 Å². The van der Waals surface area contributed by atoms with Crippen LogP contribution in [0.1, 0.15) is 47.5 Å². The average molecular weight is 286 g/mol. The molecule has 20 heavy (non-hydrogen) atoms. The summed E-state index contributed by atoms with van der Waals surface area (Å²) < 4.78 is 5.37. The summed E-state index contributed by atoms with van der Waals surface area (Å²) in [5.41, 5.74) is -0.437. The van der Waals surface area contributed by atoms with Gasteiger partial charge in [-0.05, 0) is 39.5 Å². The lowest BCUT2D eigenvalue weighted by atomic mass is 10.0. The van der Waals surface area contributed by atoms with Crippen molar-refractivity contribution in [1.29, 1.82) is 0 Å². The number of rotatable bonds is 4. The smallest absolute Gasteiger partial charge is 0.410 e. The lowest BCUT2D eigenvalue weighted by molar-refractivity contribution is 0.0192. The van der Waals surface area contributed by atoms with Crippen LogP contribution in [0, 0.1) is 5.92 Å². The monoisotopic (exact) mass is 286 g/mol. The molecule has 0 saturated carbocycles. The molecule has 1 heterocycles. The highest BCUT2D eigenvalue weighted by Gasteiger charge is 2.26. The third-order valence-electron chi connectivity index (χ3n) is 3.53. The van der Waals surface area contributed by atoms with Crippen LogP contribution in [0.3, 0.4) is 0 Å². The maximum atomic E-state index is 11.9. The number of nitrogens with one attached hydrogen (secondary N) is 1. The van der Waals surface area contributed by atoms with Gasteiger partial charge in [0.1, 0.15) is 5.60 Å². The van der Waals surface area contributed by atoms with Gasteiger partial charge in [0, 0.05) is 25.7 Å². The number of carbonyl (C=O) groups is 1. The fraction of sp³-hybridized carbons (Fsp3) is 0.933. The molecule has 1 rings (SSSR count). The molecule has 0 spiro atoms. The van der Waals surface area contributed by atoms with Crippen molar-refractivity contribution in [3.63, 3.8) is 0 Å². The van der Waals surface area contributed by atoms with E-state index in [2.05, 4.69) is 5.32 Å². The Hall–Kier alpha value is -0.810. The Morgan fingerprint density at radius 1 is 1.35 bits per heavy atom. The second-order valence-corrected chi connectivity index (χ2v) is 6.96. The van der Waals surface area contributed by atoms with E-state index in [0.29, 0.717) is 25.7 Å². The van der Waals surface area contributed by atoms with E-state index in [1.165, 1.54) is 0 Å². The van der Waals surface area contributed by atoms with Crippen LogP contribution < -0.4 is 5.32 Å². The summed E-state index contributed by atoms with van der Waals surface area (Å²) in [7, 11) is 0. The van der Waals surface area contributed by atoms with Crippen molar-refractivity contribution < 1.29 is 14.6 Å². The molecule has 0 radical (unpaired) electrons. The molecule has 0 aromatic carbocycles. The molecule has 0 bridgehead atoms. The van der Waals surface area contributed by atoms with Crippen LogP contribution in [-0.4, -0.2) is 53.5 Å². The summed E-state index contributed by atoms with van der Waals surface area (Å²) in [4.78, 5) is 13.7. The largest absolute Gasteiger partial charge is 0.444 e. The van der Waals surface area contributed by atoms with E-state index in [1.807, 2.05) is 34.6 Å². The first-order valence-electron chi connectivity index (χ1n) is 7.58. The zero-order valence-electron chi connectivity index (χ0n) is 13.5. The molecule has 2 N–H and O–H groups in total. The van der Waals surface area contributed by atoms with Crippen LogP contribution in [0.5, 0.6) is 0 Å². The molecule has 5 heteroatoms. The molecular formula is C15H30N2O3. The van der Waals surface area contributed by atoms with Gasteiger partial charge in [0.05, 0.1) is 6.10 Å². The van der Waals surface area contributed by atoms with E-state index >= 15 is 0 Å². The predicted octanol–water partition coefficient (Wildman–Crippen LogP) is 1.99. The number of aliphatic hydroxyl groups is 1. The van der Waals surface area contributed by atoms with Crippen molar-refractivity contribution in [2.75, 3.05) is 19.6 Å². The van der Waals surface area contributed by atoms with Gasteiger partial charge < -0.3 is 20.1 Å². The Balaban J connectivity index is 2.28. The van der Waals surface area contributed by atoms with Crippen LogP contribution in [-0.2, 0) is 4.74 Å². The van der Waals surface area contributed by atoms with Gasteiger partial charge in [0.25, 0.3) is 0 Å². The van der Waals surface area contributed by atoms with Crippen molar-refractivity contribution in [3.05, 3.63) is 0 Å². The summed E-state index contributed by atoms with van der Waals surface area (Å²) >= 11 is 0. The van der Waals surface area contributed by atoms with E-state index < -0.39 is 5.60 Å². The third-order valence-corrected chi connectivity index (χ3v) is 3.53. The van der Waals surface area contributed by atoms with Gasteiger partial charge >= 0.3 is 6.09 Å². The van der Waals surface area contributed by atoms with Gasteiger partial charge in [-0.3, -0.25) is 0 Å². The highest BCUT2D eigenvalue weighted by atomic mass is 16.6. The molecule has 0 aliphatic carbocycles. The molecule has 1 atom stereocenters. The molecule has 5 nitrogen and oxygen atoms in total. The van der Waals surface area contributed by atoms with Crippen molar-refractivity contribution in [3.8, 4) is 0 Å². The van der Waals surface area contributed by atoms with Gasteiger partial charge in [-0.15, -0.1) is 0 Å². The minimum atomic E-state index is -0.437. The molecule has 118 valence electrons. The Labute approximate surface area is 122 Å². The fourth-order valence-corrected chi connectivity index (χ4v) is 2.12. The summed E-state index contributed by atoms with van der Waals surface area (Å²) in [6.07, 6.45) is 1.28. The van der Waals surface area contributed by atoms with Crippen molar-refractivity contribution in [1.82, 2.24) is 10.2 Å². The highest BCUT2D eigenvalue weighted by Crippen LogP contribution is 2.15. The van der Waals surface area contributed by atoms with Gasteiger partial charge in [0.15, 0.2) is 0 Å². The van der Waals surface area contributed by atoms with E-state index in [0.717, 1.165) is 12.8 Å². The number of nitrogens with zero attached hydrogens (tertiary/aromatic N) is 1. The van der Waals surface area contributed by atoms with Crippen molar-refractivity contribution in [2.24, 2.45) is 5.92 Å². The highest BCUT2D eigenvalue weighted by molar-refractivity contribution is 5.68. The summed E-state index contributed by atoms with van der Waals surface area (Å²) in [6.45, 7) is 11.7. The molecule has 1 aliphatic rings. The number of likely N-dealkylation sites (tertiary alicyclic amines) is 1. The molecule has 1 fully saturated rings. The molecular weight excluding hydrogens is 256 g/mol.